The van der Waals surface area contributed by atoms with Gasteiger partial charge in [0.1, 0.15) is 6.54 Å². The highest BCUT2D eigenvalue weighted by Gasteiger charge is 2.41. The molecule has 3 rings (SSSR count). The summed E-state index contributed by atoms with van der Waals surface area (Å²) in [4.78, 5) is 44.4. The van der Waals surface area contributed by atoms with Crippen molar-refractivity contribution >= 4 is 44.5 Å². The summed E-state index contributed by atoms with van der Waals surface area (Å²) >= 11 is 1.32. The van der Waals surface area contributed by atoms with E-state index in [1.807, 2.05) is 0 Å². The lowest BCUT2D eigenvalue weighted by molar-refractivity contribution is -0.120. The topological polar surface area (TPSA) is 111 Å². The Morgan fingerprint density at radius 3 is 2.50 bits per heavy atom. The fourth-order valence-electron chi connectivity index (χ4n) is 2.56. The molecule has 10 nitrogen and oxygen atoms in total. The fraction of sp³-hybridized carbons (Fsp3) is 0.500. The van der Waals surface area contributed by atoms with Crippen LogP contribution in [0.5, 0.6) is 0 Å². The number of hydrogen-bond acceptors (Lipinski definition) is 7. The number of urea groups is 2. The largest absolute Gasteiger partial charge is 0.341 e. The van der Waals surface area contributed by atoms with Gasteiger partial charge in [-0.1, -0.05) is 0 Å². The number of carbonyl (C=O) groups excluding carboxylic acids is 3. The average molecular weight is 373 g/mol. The molecule has 0 aliphatic carbocycles. The number of aromatic nitrogens is 1. The molecule has 2 fully saturated rings. The third-order valence-corrected chi connectivity index (χ3v) is 5.68. The van der Waals surface area contributed by atoms with Crippen LogP contribution in [0.3, 0.4) is 0 Å². The number of rotatable bonds is 2. The Bertz CT molecular complexity index is 778. The first-order chi connectivity index (χ1) is 11.3. The van der Waals surface area contributed by atoms with Crippen molar-refractivity contribution in [3.8, 4) is 0 Å². The highest BCUT2D eigenvalue weighted by Crippen LogP contribution is 2.21. The molecular weight excluding hydrogens is 358 g/mol. The van der Waals surface area contributed by atoms with E-state index in [4.69, 9.17) is 0 Å². The second-order valence-corrected chi connectivity index (χ2v) is 8.11. The smallest absolute Gasteiger partial charge is 0.313 e. The van der Waals surface area contributed by atoms with Crippen molar-refractivity contribution < 1.29 is 22.8 Å². The number of sulfonamides is 1. The van der Waals surface area contributed by atoms with Gasteiger partial charge in [0.15, 0.2) is 5.13 Å². The van der Waals surface area contributed by atoms with Gasteiger partial charge < -0.3 is 4.90 Å². The van der Waals surface area contributed by atoms with Crippen LogP contribution in [0.2, 0.25) is 0 Å². The SMILES string of the molecule is CS(=O)(=O)N1CCN(C(=O)N2CCN(c3nccs3)C(=O)C2)C1=O. The standard InChI is InChI=1S/C12H15N5O5S2/c1-24(21,22)17-6-5-16(12(17)20)11(19)14-3-4-15(9(18)8-14)10-13-2-7-23-10/h2,7H,3-6,8H2,1H3. The van der Waals surface area contributed by atoms with E-state index in [0.29, 0.717) is 9.44 Å². The Kier molecular flexibility index (Phi) is 4.17. The van der Waals surface area contributed by atoms with E-state index in [1.54, 1.807) is 11.6 Å². The molecule has 2 aliphatic heterocycles. The molecule has 0 atom stereocenters. The minimum atomic E-state index is -3.71. The van der Waals surface area contributed by atoms with Crippen molar-refractivity contribution in [3.05, 3.63) is 11.6 Å². The molecule has 24 heavy (non-hydrogen) atoms. The Morgan fingerprint density at radius 2 is 1.96 bits per heavy atom. The summed E-state index contributed by atoms with van der Waals surface area (Å²) in [6.45, 7) is 0.242. The van der Waals surface area contributed by atoms with Crippen molar-refractivity contribution in [2.24, 2.45) is 0 Å². The van der Waals surface area contributed by atoms with Crippen LogP contribution in [0.25, 0.3) is 0 Å². The zero-order valence-corrected chi connectivity index (χ0v) is 14.4. The molecule has 0 bridgehead atoms. The van der Waals surface area contributed by atoms with Gasteiger partial charge in [0.25, 0.3) is 0 Å². The average Bonchev–Trinajstić information content (AvgIpc) is 3.15. The van der Waals surface area contributed by atoms with Crippen molar-refractivity contribution in [2.45, 2.75) is 0 Å². The molecule has 0 N–H and O–H groups in total. The molecule has 2 saturated heterocycles. The van der Waals surface area contributed by atoms with Crippen molar-refractivity contribution in [1.82, 2.24) is 19.1 Å². The number of piperazine rings is 1. The van der Waals surface area contributed by atoms with Gasteiger partial charge in [-0.3, -0.25) is 9.69 Å². The zero-order chi connectivity index (χ0) is 17.5. The Balaban J connectivity index is 1.67. The summed E-state index contributed by atoms with van der Waals surface area (Å²) in [5, 5.41) is 2.32. The molecule has 12 heteroatoms. The molecule has 1 aromatic rings. The third kappa shape index (κ3) is 2.94. The van der Waals surface area contributed by atoms with Crippen LogP contribution >= 0.6 is 11.3 Å². The molecular formula is C12H15N5O5S2. The number of thiazole rings is 1. The summed E-state index contributed by atoms with van der Waals surface area (Å²) < 4.78 is 23.7. The van der Waals surface area contributed by atoms with Gasteiger partial charge in [-0.05, 0) is 0 Å². The molecule has 2 aliphatic rings. The van der Waals surface area contributed by atoms with Gasteiger partial charge in [-0.2, -0.15) is 0 Å². The highest BCUT2D eigenvalue weighted by molar-refractivity contribution is 7.88. The fourth-order valence-corrected chi connectivity index (χ4v) is 4.04. The van der Waals surface area contributed by atoms with Crippen molar-refractivity contribution in [3.63, 3.8) is 0 Å². The van der Waals surface area contributed by atoms with Gasteiger partial charge in [0.2, 0.25) is 15.9 Å². The zero-order valence-electron chi connectivity index (χ0n) is 12.8. The van der Waals surface area contributed by atoms with Crippen LogP contribution in [0.1, 0.15) is 0 Å². The van der Waals surface area contributed by atoms with Crippen LogP contribution in [0, 0.1) is 0 Å². The summed E-state index contributed by atoms with van der Waals surface area (Å²) in [6.07, 6.45) is 2.50. The summed E-state index contributed by atoms with van der Waals surface area (Å²) in [5.74, 6) is -0.295. The van der Waals surface area contributed by atoms with Crippen LogP contribution in [-0.2, 0) is 14.8 Å². The minimum absolute atomic E-state index is 0.0222. The lowest BCUT2D eigenvalue weighted by Crippen LogP contribution is -2.56. The molecule has 0 spiro atoms. The second-order valence-electron chi connectivity index (χ2n) is 5.33. The van der Waals surface area contributed by atoms with E-state index in [2.05, 4.69) is 4.98 Å². The first-order valence-corrected chi connectivity index (χ1v) is 9.80. The molecule has 1 aromatic heterocycles. The van der Waals surface area contributed by atoms with E-state index in [1.165, 1.54) is 21.1 Å². The summed E-state index contributed by atoms with van der Waals surface area (Å²) in [6, 6.07) is -1.53. The summed E-state index contributed by atoms with van der Waals surface area (Å²) in [5.41, 5.74) is 0. The normalized spacial score (nSPS) is 19.4. The molecule has 0 saturated carbocycles. The van der Waals surface area contributed by atoms with Gasteiger partial charge in [0.05, 0.1) is 19.3 Å². The van der Waals surface area contributed by atoms with Gasteiger partial charge in [0, 0.05) is 24.7 Å². The quantitative estimate of drug-likeness (QED) is 0.698. The van der Waals surface area contributed by atoms with Gasteiger partial charge in [-0.15, -0.1) is 11.3 Å². The Morgan fingerprint density at radius 1 is 1.21 bits per heavy atom. The molecule has 130 valence electrons. The van der Waals surface area contributed by atoms with Crippen molar-refractivity contribution in [1.29, 1.82) is 0 Å². The molecule has 3 heterocycles. The van der Waals surface area contributed by atoms with E-state index >= 15 is 0 Å². The van der Waals surface area contributed by atoms with E-state index < -0.39 is 22.1 Å². The molecule has 0 radical (unpaired) electrons. The maximum Gasteiger partial charge on any atom is 0.341 e. The number of nitrogens with zero attached hydrogens (tertiary/aromatic N) is 5. The van der Waals surface area contributed by atoms with Crippen LogP contribution in [0.4, 0.5) is 14.7 Å². The lowest BCUT2D eigenvalue weighted by Gasteiger charge is -2.34. The van der Waals surface area contributed by atoms with Crippen LogP contribution < -0.4 is 4.90 Å². The van der Waals surface area contributed by atoms with E-state index in [9.17, 15) is 22.8 Å². The highest BCUT2D eigenvalue weighted by atomic mass is 32.2. The molecule has 0 aromatic carbocycles. The lowest BCUT2D eigenvalue weighted by atomic mass is 10.3. The number of carbonyl (C=O) groups is 3. The monoisotopic (exact) mass is 373 g/mol. The maximum absolute atomic E-state index is 12.4. The van der Waals surface area contributed by atoms with Crippen LogP contribution in [-0.4, -0.2) is 84.5 Å². The van der Waals surface area contributed by atoms with Crippen molar-refractivity contribution in [2.75, 3.05) is 43.9 Å². The predicted molar refractivity (Wildman–Crippen MR) is 85.1 cm³/mol. The van der Waals surface area contributed by atoms with Gasteiger partial charge >= 0.3 is 12.1 Å². The second kappa shape index (κ2) is 6.02. The Hall–Kier alpha value is -2.21. The number of anilines is 1. The maximum atomic E-state index is 12.4. The van der Waals surface area contributed by atoms with E-state index in [-0.39, 0.29) is 38.6 Å². The summed E-state index contributed by atoms with van der Waals surface area (Å²) in [7, 11) is -3.71. The predicted octanol–water partition coefficient (Wildman–Crippen LogP) is -0.391. The first-order valence-electron chi connectivity index (χ1n) is 7.07. The minimum Gasteiger partial charge on any atom is -0.313 e. The number of hydrogen-bond donors (Lipinski definition) is 0. The number of amides is 5. The van der Waals surface area contributed by atoms with Gasteiger partial charge in [-0.25, -0.2) is 32.2 Å². The molecule has 0 unspecified atom stereocenters. The number of imide groups is 1. The third-order valence-electron chi connectivity index (χ3n) is 3.74. The Labute approximate surface area is 142 Å². The van der Waals surface area contributed by atoms with E-state index in [0.717, 1.165) is 11.2 Å². The van der Waals surface area contributed by atoms with Crippen LogP contribution in [0.15, 0.2) is 11.6 Å². The molecule has 5 amide bonds. The first kappa shape index (κ1) is 16.6.